The Morgan fingerprint density at radius 2 is 1.94 bits per heavy atom. The summed E-state index contributed by atoms with van der Waals surface area (Å²) in [5.41, 5.74) is 6.27. The molecule has 3 heteroatoms. The van der Waals surface area contributed by atoms with Crippen LogP contribution in [-0.2, 0) is 0 Å². The SMILES string of the molecule is CC1CCC(N)C(N(C)CCN2CCCC2)C1. The smallest absolute Gasteiger partial charge is 0.0247 e. The van der Waals surface area contributed by atoms with Gasteiger partial charge in [0, 0.05) is 25.2 Å². The molecule has 0 aromatic heterocycles. The van der Waals surface area contributed by atoms with Gasteiger partial charge in [-0.15, -0.1) is 0 Å². The standard InChI is InChI=1S/C14H29N3/c1-12-5-6-13(15)14(11-12)16(2)9-10-17-7-3-4-8-17/h12-14H,3-11,15H2,1-2H3. The number of nitrogens with zero attached hydrogens (tertiary/aromatic N) is 2. The Hall–Kier alpha value is -0.120. The molecule has 0 bridgehead atoms. The van der Waals surface area contributed by atoms with E-state index in [0.29, 0.717) is 12.1 Å². The zero-order valence-corrected chi connectivity index (χ0v) is 11.6. The van der Waals surface area contributed by atoms with Crippen LogP contribution in [0.3, 0.4) is 0 Å². The third-order valence-electron chi connectivity index (χ3n) is 4.66. The van der Waals surface area contributed by atoms with Crippen molar-refractivity contribution in [2.45, 2.75) is 51.1 Å². The quantitative estimate of drug-likeness (QED) is 0.807. The Kier molecular flexibility index (Phi) is 4.83. The summed E-state index contributed by atoms with van der Waals surface area (Å²) in [4.78, 5) is 5.10. The maximum atomic E-state index is 6.27. The fraction of sp³-hybridized carbons (Fsp3) is 1.00. The fourth-order valence-electron chi connectivity index (χ4n) is 3.35. The van der Waals surface area contributed by atoms with Crippen LogP contribution in [-0.4, -0.2) is 55.1 Å². The molecule has 0 aromatic rings. The summed E-state index contributed by atoms with van der Waals surface area (Å²) < 4.78 is 0. The lowest BCUT2D eigenvalue weighted by molar-refractivity contribution is 0.130. The molecular weight excluding hydrogens is 210 g/mol. The number of nitrogens with two attached hydrogens (primary N) is 1. The molecule has 0 radical (unpaired) electrons. The molecule has 2 N–H and O–H groups in total. The molecule has 1 heterocycles. The van der Waals surface area contributed by atoms with Crippen molar-refractivity contribution in [1.29, 1.82) is 0 Å². The highest BCUT2D eigenvalue weighted by Gasteiger charge is 2.29. The van der Waals surface area contributed by atoms with Crippen LogP contribution in [0.1, 0.15) is 39.0 Å². The molecule has 3 atom stereocenters. The highest BCUT2D eigenvalue weighted by atomic mass is 15.2. The van der Waals surface area contributed by atoms with Crippen LogP contribution in [0.2, 0.25) is 0 Å². The van der Waals surface area contributed by atoms with Crippen molar-refractivity contribution in [3.63, 3.8) is 0 Å². The molecule has 0 amide bonds. The van der Waals surface area contributed by atoms with Gasteiger partial charge in [-0.1, -0.05) is 6.92 Å². The molecule has 2 fully saturated rings. The van der Waals surface area contributed by atoms with E-state index in [1.807, 2.05) is 0 Å². The first-order chi connectivity index (χ1) is 8.16. The number of likely N-dealkylation sites (tertiary alicyclic amines) is 1. The van der Waals surface area contributed by atoms with E-state index in [2.05, 4.69) is 23.8 Å². The third kappa shape index (κ3) is 3.67. The van der Waals surface area contributed by atoms with Crippen LogP contribution in [0.25, 0.3) is 0 Å². The van der Waals surface area contributed by atoms with Gasteiger partial charge in [-0.2, -0.15) is 0 Å². The first-order valence-corrected chi connectivity index (χ1v) is 7.35. The lowest BCUT2D eigenvalue weighted by Gasteiger charge is -2.39. The van der Waals surface area contributed by atoms with Gasteiger partial charge in [0.05, 0.1) is 0 Å². The molecule has 1 saturated carbocycles. The minimum atomic E-state index is 0.398. The Morgan fingerprint density at radius 1 is 1.24 bits per heavy atom. The molecule has 1 aliphatic carbocycles. The van der Waals surface area contributed by atoms with Crippen LogP contribution in [0, 0.1) is 5.92 Å². The largest absolute Gasteiger partial charge is 0.326 e. The first-order valence-electron chi connectivity index (χ1n) is 7.35. The van der Waals surface area contributed by atoms with Crippen molar-refractivity contribution in [3.05, 3.63) is 0 Å². The molecule has 3 unspecified atom stereocenters. The molecule has 2 rings (SSSR count). The molecule has 0 aromatic carbocycles. The molecule has 100 valence electrons. The van der Waals surface area contributed by atoms with Gasteiger partial charge in [0.25, 0.3) is 0 Å². The van der Waals surface area contributed by atoms with Crippen molar-refractivity contribution < 1.29 is 0 Å². The van der Waals surface area contributed by atoms with Crippen molar-refractivity contribution >= 4 is 0 Å². The van der Waals surface area contributed by atoms with E-state index in [1.54, 1.807) is 0 Å². The maximum Gasteiger partial charge on any atom is 0.0247 e. The minimum absolute atomic E-state index is 0.398. The Morgan fingerprint density at radius 3 is 2.65 bits per heavy atom. The van der Waals surface area contributed by atoms with Gasteiger partial charge in [0.15, 0.2) is 0 Å². The highest BCUT2D eigenvalue weighted by molar-refractivity contribution is 4.87. The van der Waals surface area contributed by atoms with Gasteiger partial charge in [0.2, 0.25) is 0 Å². The van der Waals surface area contributed by atoms with Crippen LogP contribution in [0.5, 0.6) is 0 Å². The van der Waals surface area contributed by atoms with E-state index in [9.17, 15) is 0 Å². The molecular formula is C14H29N3. The second-order valence-corrected chi connectivity index (χ2v) is 6.18. The average molecular weight is 239 g/mol. The van der Waals surface area contributed by atoms with Gasteiger partial charge in [-0.05, 0) is 58.2 Å². The van der Waals surface area contributed by atoms with Crippen molar-refractivity contribution in [2.24, 2.45) is 11.7 Å². The summed E-state index contributed by atoms with van der Waals surface area (Å²) in [6.45, 7) is 7.40. The highest BCUT2D eigenvalue weighted by Crippen LogP contribution is 2.26. The number of hydrogen-bond acceptors (Lipinski definition) is 3. The first kappa shape index (κ1) is 13.3. The van der Waals surface area contributed by atoms with E-state index >= 15 is 0 Å². The Labute approximate surface area is 106 Å². The monoisotopic (exact) mass is 239 g/mol. The van der Waals surface area contributed by atoms with Gasteiger partial charge in [-0.25, -0.2) is 0 Å². The van der Waals surface area contributed by atoms with Crippen molar-refractivity contribution in [2.75, 3.05) is 33.2 Å². The second kappa shape index (κ2) is 6.17. The van der Waals surface area contributed by atoms with E-state index in [-0.39, 0.29) is 0 Å². The minimum Gasteiger partial charge on any atom is -0.326 e. The van der Waals surface area contributed by atoms with Gasteiger partial charge < -0.3 is 15.5 Å². The molecule has 1 aliphatic heterocycles. The zero-order chi connectivity index (χ0) is 12.3. The molecule has 17 heavy (non-hydrogen) atoms. The maximum absolute atomic E-state index is 6.27. The van der Waals surface area contributed by atoms with Gasteiger partial charge >= 0.3 is 0 Å². The lowest BCUT2D eigenvalue weighted by atomic mass is 9.83. The molecule has 0 spiro atoms. The van der Waals surface area contributed by atoms with E-state index in [4.69, 9.17) is 5.73 Å². The van der Waals surface area contributed by atoms with Gasteiger partial charge in [-0.3, -0.25) is 0 Å². The zero-order valence-electron chi connectivity index (χ0n) is 11.6. The Balaban J connectivity index is 1.75. The summed E-state index contributed by atoms with van der Waals surface area (Å²) in [7, 11) is 2.26. The predicted octanol–water partition coefficient (Wildman–Crippen LogP) is 1.53. The van der Waals surface area contributed by atoms with Crippen LogP contribution in [0.15, 0.2) is 0 Å². The summed E-state index contributed by atoms with van der Waals surface area (Å²) in [6.07, 6.45) is 6.60. The average Bonchev–Trinajstić information content (AvgIpc) is 2.82. The summed E-state index contributed by atoms with van der Waals surface area (Å²) in [5, 5.41) is 0. The normalized spacial score (nSPS) is 35.6. The second-order valence-electron chi connectivity index (χ2n) is 6.18. The lowest BCUT2D eigenvalue weighted by Crippen LogP contribution is -2.51. The van der Waals surface area contributed by atoms with E-state index in [1.165, 1.54) is 58.3 Å². The summed E-state index contributed by atoms with van der Waals surface area (Å²) in [6, 6.07) is 1.01. The topological polar surface area (TPSA) is 32.5 Å². The molecule has 3 nitrogen and oxygen atoms in total. The summed E-state index contributed by atoms with van der Waals surface area (Å²) in [5.74, 6) is 0.856. The fourth-order valence-corrected chi connectivity index (χ4v) is 3.35. The van der Waals surface area contributed by atoms with E-state index in [0.717, 1.165) is 5.92 Å². The molecule has 1 saturated heterocycles. The van der Waals surface area contributed by atoms with Crippen LogP contribution >= 0.6 is 0 Å². The third-order valence-corrected chi connectivity index (χ3v) is 4.66. The number of likely N-dealkylation sites (N-methyl/N-ethyl adjacent to an activating group) is 1. The number of hydrogen-bond donors (Lipinski definition) is 1. The number of rotatable bonds is 4. The van der Waals surface area contributed by atoms with Crippen LogP contribution < -0.4 is 5.73 Å². The summed E-state index contributed by atoms with van der Waals surface area (Å²) >= 11 is 0. The van der Waals surface area contributed by atoms with Crippen LogP contribution in [0.4, 0.5) is 0 Å². The molecule has 2 aliphatic rings. The Bertz CT molecular complexity index is 226. The van der Waals surface area contributed by atoms with Crippen molar-refractivity contribution in [3.8, 4) is 0 Å². The van der Waals surface area contributed by atoms with Crippen molar-refractivity contribution in [1.82, 2.24) is 9.80 Å². The predicted molar refractivity (Wildman–Crippen MR) is 73.1 cm³/mol. The van der Waals surface area contributed by atoms with E-state index < -0.39 is 0 Å². The van der Waals surface area contributed by atoms with Gasteiger partial charge in [0.1, 0.15) is 0 Å².